The fraction of sp³-hybridized carbons (Fsp3) is 0.556. The Morgan fingerprint density at radius 1 is 1.35 bits per heavy atom. The lowest BCUT2D eigenvalue weighted by Gasteiger charge is -2.33. The van der Waals surface area contributed by atoms with Gasteiger partial charge in [0.2, 0.25) is 5.91 Å². The first-order valence-electron chi connectivity index (χ1n) is 7.93. The van der Waals surface area contributed by atoms with Crippen LogP contribution in [0.15, 0.2) is 24.3 Å². The van der Waals surface area contributed by atoms with Crippen LogP contribution >= 0.6 is 0 Å². The smallest absolute Gasteiger partial charge is 0.308 e. The van der Waals surface area contributed by atoms with Crippen LogP contribution in [0, 0.1) is 11.3 Å². The van der Waals surface area contributed by atoms with Gasteiger partial charge in [0.1, 0.15) is 5.75 Å². The van der Waals surface area contributed by atoms with E-state index in [4.69, 9.17) is 4.74 Å². The summed E-state index contributed by atoms with van der Waals surface area (Å²) >= 11 is 0. The molecule has 0 saturated carbocycles. The third kappa shape index (κ3) is 3.49. The number of carboxylic acids is 1. The predicted molar refractivity (Wildman–Crippen MR) is 87.4 cm³/mol. The van der Waals surface area contributed by atoms with Gasteiger partial charge in [-0.25, -0.2) is 0 Å². The second-order valence-electron chi connectivity index (χ2n) is 6.85. The Kier molecular flexibility index (Phi) is 4.97. The van der Waals surface area contributed by atoms with Gasteiger partial charge in [0, 0.05) is 18.0 Å². The van der Waals surface area contributed by atoms with Crippen LogP contribution in [0.4, 0.5) is 0 Å². The molecule has 1 aromatic rings. The molecule has 1 aliphatic heterocycles. The molecule has 1 amide bonds. The zero-order chi connectivity index (χ0) is 17.2. The highest BCUT2D eigenvalue weighted by Gasteiger charge is 2.42. The summed E-state index contributed by atoms with van der Waals surface area (Å²) in [5.74, 6) is -0.526. The van der Waals surface area contributed by atoms with Gasteiger partial charge in [0.15, 0.2) is 0 Å². The highest BCUT2D eigenvalue weighted by Crippen LogP contribution is 2.33. The number of aliphatic carboxylic acids is 1. The van der Waals surface area contributed by atoms with E-state index < -0.39 is 17.3 Å². The molecule has 2 atom stereocenters. The van der Waals surface area contributed by atoms with Gasteiger partial charge in [0.05, 0.1) is 13.0 Å². The number of carbonyl (C=O) groups is 2. The lowest BCUT2D eigenvalue weighted by molar-refractivity contribution is -0.145. The summed E-state index contributed by atoms with van der Waals surface area (Å²) in [4.78, 5) is 25.9. The SMILES string of the molecule is COc1ccccc1CC(C)(C)C(=O)N1CCC(C(=O)O)C1C. The number of hydrogen-bond acceptors (Lipinski definition) is 3. The van der Waals surface area contributed by atoms with E-state index in [1.807, 2.05) is 45.0 Å². The maximum Gasteiger partial charge on any atom is 0.308 e. The summed E-state index contributed by atoms with van der Waals surface area (Å²) in [6.07, 6.45) is 1.07. The molecule has 5 nitrogen and oxygen atoms in total. The number of amides is 1. The molecule has 1 aliphatic rings. The van der Waals surface area contributed by atoms with Gasteiger partial charge in [0.25, 0.3) is 0 Å². The Balaban J connectivity index is 2.16. The average molecular weight is 319 g/mol. The van der Waals surface area contributed by atoms with E-state index in [-0.39, 0.29) is 11.9 Å². The summed E-state index contributed by atoms with van der Waals surface area (Å²) in [5.41, 5.74) is 0.367. The number of methoxy groups -OCH3 is 1. The molecule has 2 rings (SSSR count). The zero-order valence-corrected chi connectivity index (χ0v) is 14.2. The molecule has 1 N–H and O–H groups in total. The molecule has 1 fully saturated rings. The number of benzene rings is 1. The first kappa shape index (κ1) is 17.3. The Morgan fingerprint density at radius 3 is 2.57 bits per heavy atom. The molecule has 0 aliphatic carbocycles. The van der Waals surface area contributed by atoms with E-state index in [0.717, 1.165) is 11.3 Å². The quantitative estimate of drug-likeness (QED) is 0.906. The van der Waals surface area contributed by atoms with Crippen LogP contribution in [0.2, 0.25) is 0 Å². The lowest BCUT2D eigenvalue weighted by atomic mass is 9.83. The topological polar surface area (TPSA) is 66.8 Å². The molecule has 126 valence electrons. The van der Waals surface area contributed by atoms with Gasteiger partial charge in [-0.1, -0.05) is 32.0 Å². The normalized spacial score (nSPS) is 21.3. The Morgan fingerprint density at radius 2 is 2.00 bits per heavy atom. The Bertz CT molecular complexity index is 596. The molecule has 1 aromatic carbocycles. The monoisotopic (exact) mass is 319 g/mol. The maximum absolute atomic E-state index is 12.9. The third-order valence-corrected chi connectivity index (χ3v) is 4.74. The zero-order valence-electron chi connectivity index (χ0n) is 14.2. The highest BCUT2D eigenvalue weighted by molar-refractivity contribution is 5.84. The van der Waals surface area contributed by atoms with Gasteiger partial charge in [-0.05, 0) is 31.4 Å². The van der Waals surface area contributed by atoms with Crippen molar-refractivity contribution in [1.82, 2.24) is 4.90 Å². The number of carbonyl (C=O) groups excluding carboxylic acids is 1. The van der Waals surface area contributed by atoms with Gasteiger partial charge in [-0.3, -0.25) is 9.59 Å². The number of nitrogens with zero attached hydrogens (tertiary/aromatic N) is 1. The molecule has 5 heteroatoms. The van der Waals surface area contributed by atoms with Gasteiger partial charge < -0.3 is 14.7 Å². The number of para-hydroxylation sites is 1. The standard InChI is InChI=1S/C18H25NO4/c1-12-14(16(20)21)9-10-19(12)17(22)18(2,3)11-13-7-5-6-8-15(13)23-4/h5-8,12,14H,9-11H2,1-4H3,(H,20,21). The molecular weight excluding hydrogens is 294 g/mol. The fourth-order valence-corrected chi connectivity index (χ4v) is 3.35. The maximum atomic E-state index is 12.9. The van der Waals surface area contributed by atoms with Crippen molar-refractivity contribution in [3.05, 3.63) is 29.8 Å². The van der Waals surface area contributed by atoms with Crippen LogP contribution in [-0.4, -0.2) is 41.6 Å². The van der Waals surface area contributed by atoms with E-state index in [2.05, 4.69) is 0 Å². The van der Waals surface area contributed by atoms with Crippen molar-refractivity contribution in [1.29, 1.82) is 0 Å². The summed E-state index contributed by atoms with van der Waals surface area (Å²) in [5, 5.41) is 9.24. The van der Waals surface area contributed by atoms with Crippen LogP contribution in [0.3, 0.4) is 0 Å². The molecule has 0 bridgehead atoms. The minimum Gasteiger partial charge on any atom is -0.496 e. The van der Waals surface area contributed by atoms with Crippen molar-refractivity contribution in [3.8, 4) is 5.75 Å². The molecule has 0 aromatic heterocycles. The third-order valence-electron chi connectivity index (χ3n) is 4.74. The van der Waals surface area contributed by atoms with E-state index >= 15 is 0 Å². The minimum absolute atomic E-state index is 0.000318. The summed E-state index contributed by atoms with van der Waals surface area (Å²) in [6.45, 7) is 6.14. The van der Waals surface area contributed by atoms with Gasteiger partial charge in [-0.15, -0.1) is 0 Å². The van der Waals surface area contributed by atoms with Crippen molar-refractivity contribution in [2.24, 2.45) is 11.3 Å². The molecule has 0 spiro atoms. The van der Waals surface area contributed by atoms with Gasteiger partial charge >= 0.3 is 5.97 Å². The molecular formula is C18H25NO4. The lowest BCUT2D eigenvalue weighted by Crippen LogP contribution is -2.45. The molecule has 1 heterocycles. The summed E-state index contributed by atoms with van der Waals surface area (Å²) < 4.78 is 5.36. The molecule has 2 unspecified atom stereocenters. The van der Waals surface area contributed by atoms with Crippen LogP contribution in [0.1, 0.15) is 32.8 Å². The summed E-state index contributed by atoms with van der Waals surface area (Å²) in [7, 11) is 1.62. The Labute approximate surface area is 137 Å². The first-order valence-corrected chi connectivity index (χ1v) is 7.93. The summed E-state index contributed by atoms with van der Waals surface area (Å²) in [6, 6.07) is 7.40. The second kappa shape index (κ2) is 6.60. The largest absolute Gasteiger partial charge is 0.496 e. The van der Waals surface area contributed by atoms with Crippen molar-refractivity contribution in [3.63, 3.8) is 0 Å². The van der Waals surface area contributed by atoms with Crippen molar-refractivity contribution < 1.29 is 19.4 Å². The number of likely N-dealkylation sites (tertiary alicyclic amines) is 1. The van der Waals surface area contributed by atoms with Crippen LogP contribution < -0.4 is 4.74 Å². The number of carboxylic acid groups (broad SMARTS) is 1. The first-order chi connectivity index (χ1) is 10.8. The van der Waals surface area contributed by atoms with Crippen LogP contribution in [0.25, 0.3) is 0 Å². The second-order valence-corrected chi connectivity index (χ2v) is 6.85. The van der Waals surface area contributed by atoms with E-state index in [1.54, 1.807) is 12.0 Å². The van der Waals surface area contributed by atoms with E-state index in [9.17, 15) is 14.7 Å². The van der Waals surface area contributed by atoms with E-state index in [0.29, 0.717) is 19.4 Å². The molecule has 0 radical (unpaired) electrons. The fourth-order valence-electron chi connectivity index (χ4n) is 3.35. The number of hydrogen-bond donors (Lipinski definition) is 1. The number of ether oxygens (including phenoxy) is 1. The van der Waals surface area contributed by atoms with Crippen LogP contribution in [-0.2, 0) is 16.0 Å². The predicted octanol–water partition coefficient (Wildman–Crippen LogP) is 2.59. The molecule has 1 saturated heterocycles. The molecule has 23 heavy (non-hydrogen) atoms. The van der Waals surface area contributed by atoms with Crippen molar-refractivity contribution in [2.45, 2.75) is 39.7 Å². The average Bonchev–Trinajstić information content (AvgIpc) is 2.88. The number of rotatable bonds is 5. The highest BCUT2D eigenvalue weighted by atomic mass is 16.5. The minimum atomic E-state index is -0.824. The van der Waals surface area contributed by atoms with Crippen LogP contribution in [0.5, 0.6) is 5.75 Å². The van der Waals surface area contributed by atoms with Crippen molar-refractivity contribution >= 4 is 11.9 Å². The van der Waals surface area contributed by atoms with Gasteiger partial charge in [-0.2, -0.15) is 0 Å². The van der Waals surface area contributed by atoms with E-state index in [1.165, 1.54) is 0 Å². The Hall–Kier alpha value is -2.04. The van der Waals surface area contributed by atoms with Crippen molar-refractivity contribution in [2.75, 3.05) is 13.7 Å².